The van der Waals surface area contributed by atoms with Crippen molar-refractivity contribution in [3.8, 4) is 17.6 Å². The van der Waals surface area contributed by atoms with E-state index in [1.54, 1.807) is 13.0 Å². The fraction of sp³-hybridized carbons (Fsp3) is 0.385. The van der Waals surface area contributed by atoms with Crippen LogP contribution < -0.4 is 4.74 Å². The van der Waals surface area contributed by atoms with Crippen LogP contribution in [0.25, 0.3) is 0 Å². The summed E-state index contributed by atoms with van der Waals surface area (Å²) in [5, 5.41) is 0. The predicted molar refractivity (Wildman–Crippen MR) is 73.9 cm³/mol. The molecule has 0 aliphatic heterocycles. The summed E-state index contributed by atoms with van der Waals surface area (Å²) in [7, 11) is -3.00. The van der Waals surface area contributed by atoms with Crippen LogP contribution in [0.5, 0.6) is 5.75 Å². The summed E-state index contributed by atoms with van der Waals surface area (Å²) in [4.78, 5) is 0. The number of alkyl halides is 1. The van der Waals surface area contributed by atoms with Gasteiger partial charge in [-0.05, 0) is 12.1 Å². The Morgan fingerprint density at radius 3 is 2.72 bits per heavy atom. The lowest BCUT2D eigenvalue weighted by molar-refractivity contribution is 0.340. The predicted octanol–water partition coefficient (Wildman–Crippen LogP) is 2.09. The second-order valence-electron chi connectivity index (χ2n) is 3.52. The molecular weight excluding hydrogens is 272 g/mol. The minimum Gasteiger partial charge on any atom is -0.491 e. The number of hydrogen-bond acceptors (Lipinski definition) is 3. The summed E-state index contributed by atoms with van der Waals surface area (Å²) in [6.07, 6.45) is 0. The Bertz CT molecular complexity index is 541. The number of sulfone groups is 1. The first-order valence-electron chi connectivity index (χ1n) is 5.56. The Morgan fingerprint density at radius 2 is 2.06 bits per heavy atom. The zero-order valence-electron chi connectivity index (χ0n) is 10.1. The molecular formula is C13H15ClO3S. The first-order valence-corrected chi connectivity index (χ1v) is 7.91. The maximum absolute atomic E-state index is 11.3. The summed E-state index contributed by atoms with van der Waals surface area (Å²) in [5.41, 5.74) is 0.715. The first kappa shape index (κ1) is 14.9. The van der Waals surface area contributed by atoms with Crippen LogP contribution in [0.4, 0.5) is 0 Å². The lowest BCUT2D eigenvalue weighted by Gasteiger charge is -2.07. The van der Waals surface area contributed by atoms with Gasteiger partial charge in [-0.1, -0.05) is 30.9 Å². The summed E-state index contributed by atoms with van der Waals surface area (Å²) in [5.74, 6) is 6.59. The second kappa shape index (κ2) is 7.30. The molecule has 0 saturated heterocycles. The van der Waals surface area contributed by atoms with Crippen LogP contribution in [-0.4, -0.2) is 32.4 Å². The number of ether oxygens (including phenoxy) is 1. The lowest BCUT2D eigenvalue weighted by Crippen LogP contribution is -2.15. The summed E-state index contributed by atoms with van der Waals surface area (Å²) in [6, 6.07) is 7.23. The third-order valence-corrected chi connectivity index (χ3v) is 4.07. The molecule has 0 spiro atoms. The Hall–Kier alpha value is -1.18. The van der Waals surface area contributed by atoms with Crippen molar-refractivity contribution in [1.29, 1.82) is 0 Å². The van der Waals surface area contributed by atoms with Crippen molar-refractivity contribution in [2.45, 2.75) is 6.92 Å². The molecule has 18 heavy (non-hydrogen) atoms. The van der Waals surface area contributed by atoms with Crippen molar-refractivity contribution in [2.24, 2.45) is 0 Å². The Morgan fingerprint density at radius 1 is 1.33 bits per heavy atom. The van der Waals surface area contributed by atoms with Gasteiger partial charge in [-0.3, -0.25) is 0 Å². The van der Waals surface area contributed by atoms with Crippen molar-refractivity contribution in [1.82, 2.24) is 0 Å². The van der Waals surface area contributed by atoms with Crippen molar-refractivity contribution >= 4 is 21.4 Å². The van der Waals surface area contributed by atoms with Gasteiger partial charge in [0.25, 0.3) is 0 Å². The quantitative estimate of drug-likeness (QED) is 0.615. The van der Waals surface area contributed by atoms with Crippen LogP contribution >= 0.6 is 11.6 Å². The van der Waals surface area contributed by atoms with Gasteiger partial charge in [-0.2, -0.15) is 0 Å². The van der Waals surface area contributed by atoms with Crippen molar-refractivity contribution in [3.63, 3.8) is 0 Å². The lowest BCUT2D eigenvalue weighted by atomic mass is 10.2. The van der Waals surface area contributed by atoms with Crippen LogP contribution in [-0.2, 0) is 9.84 Å². The van der Waals surface area contributed by atoms with Gasteiger partial charge < -0.3 is 4.74 Å². The molecule has 5 heteroatoms. The number of halogens is 1. The van der Waals surface area contributed by atoms with Gasteiger partial charge in [0.05, 0.1) is 17.2 Å². The van der Waals surface area contributed by atoms with Crippen LogP contribution in [0.2, 0.25) is 0 Å². The van der Waals surface area contributed by atoms with E-state index in [1.807, 2.05) is 18.2 Å². The smallest absolute Gasteiger partial charge is 0.153 e. The van der Waals surface area contributed by atoms with Gasteiger partial charge in [-0.15, -0.1) is 11.6 Å². The summed E-state index contributed by atoms with van der Waals surface area (Å²) < 4.78 is 28.1. The van der Waals surface area contributed by atoms with Crippen LogP contribution in [0.1, 0.15) is 12.5 Å². The Labute approximate surface area is 113 Å². The molecule has 0 N–H and O–H groups in total. The van der Waals surface area contributed by atoms with Gasteiger partial charge in [0.1, 0.15) is 12.4 Å². The molecule has 0 atom stereocenters. The average molecular weight is 287 g/mol. The molecule has 1 rings (SSSR count). The maximum Gasteiger partial charge on any atom is 0.153 e. The highest BCUT2D eigenvalue weighted by Gasteiger charge is 2.08. The Balaban J connectivity index is 2.68. The molecule has 0 aliphatic carbocycles. The molecule has 0 amide bonds. The zero-order valence-corrected chi connectivity index (χ0v) is 11.7. The van der Waals surface area contributed by atoms with Gasteiger partial charge >= 0.3 is 0 Å². The standard InChI is InChI=1S/C13H15ClO3S/c1-2-18(15,16)11-10-17-13-8-4-3-6-12(13)7-5-9-14/h3-4,6,8H,2,9-11H2,1H3. The van der Waals surface area contributed by atoms with Gasteiger partial charge in [-0.25, -0.2) is 8.42 Å². The average Bonchev–Trinajstić information content (AvgIpc) is 2.37. The molecule has 0 radical (unpaired) electrons. The number of para-hydroxylation sites is 1. The molecule has 0 aromatic heterocycles. The normalized spacial score (nSPS) is 10.6. The van der Waals surface area contributed by atoms with Gasteiger partial charge in [0.15, 0.2) is 9.84 Å². The topological polar surface area (TPSA) is 43.4 Å². The van der Waals surface area contributed by atoms with E-state index in [4.69, 9.17) is 16.3 Å². The molecule has 1 aromatic carbocycles. The van der Waals surface area contributed by atoms with E-state index in [0.29, 0.717) is 11.3 Å². The fourth-order valence-corrected chi connectivity index (χ4v) is 1.94. The van der Waals surface area contributed by atoms with Gasteiger partial charge in [0.2, 0.25) is 0 Å². The Kier molecular flexibility index (Phi) is 6.03. The molecule has 1 aromatic rings. The molecule has 0 heterocycles. The molecule has 98 valence electrons. The minimum atomic E-state index is -3.00. The van der Waals surface area contributed by atoms with E-state index >= 15 is 0 Å². The SMILES string of the molecule is CCS(=O)(=O)CCOc1ccccc1C#CCCl. The highest BCUT2D eigenvalue weighted by molar-refractivity contribution is 7.91. The monoisotopic (exact) mass is 286 g/mol. The number of benzene rings is 1. The summed E-state index contributed by atoms with van der Waals surface area (Å²) >= 11 is 5.49. The largest absolute Gasteiger partial charge is 0.491 e. The molecule has 3 nitrogen and oxygen atoms in total. The maximum atomic E-state index is 11.3. The van der Waals surface area contributed by atoms with E-state index < -0.39 is 9.84 Å². The van der Waals surface area contributed by atoms with Crippen LogP contribution in [0, 0.1) is 11.8 Å². The number of hydrogen-bond donors (Lipinski definition) is 0. The zero-order chi connectivity index (χ0) is 13.4. The van der Waals surface area contributed by atoms with Crippen molar-refractivity contribution < 1.29 is 13.2 Å². The molecule has 0 unspecified atom stereocenters. The summed E-state index contributed by atoms with van der Waals surface area (Å²) in [6.45, 7) is 1.75. The van der Waals surface area contributed by atoms with E-state index in [9.17, 15) is 8.42 Å². The molecule has 0 fully saturated rings. The van der Waals surface area contributed by atoms with Gasteiger partial charge in [0, 0.05) is 5.75 Å². The number of rotatable bonds is 5. The molecule has 0 saturated carbocycles. The van der Waals surface area contributed by atoms with E-state index in [1.165, 1.54) is 0 Å². The molecule has 0 aliphatic rings. The van der Waals surface area contributed by atoms with Crippen molar-refractivity contribution in [2.75, 3.05) is 24.0 Å². The fourth-order valence-electron chi connectivity index (χ4n) is 1.25. The van der Waals surface area contributed by atoms with E-state index in [0.717, 1.165) is 0 Å². The second-order valence-corrected chi connectivity index (χ2v) is 6.26. The highest BCUT2D eigenvalue weighted by Crippen LogP contribution is 2.16. The van der Waals surface area contributed by atoms with E-state index in [2.05, 4.69) is 11.8 Å². The van der Waals surface area contributed by atoms with E-state index in [-0.39, 0.29) is 24.0 Å². The van der Waals surface area contributed by atoms with Crippen molar-refractivity contribution in [3.05, 3.63) is 29.8 Å². The first-order chi connectivity index (χ1) is 8.59. The minimum absolute atomic E-state index is 0.0147. The third-order valence-electron chi connectivity index (χ3n) is 2.27. The van der Waals surface area contributed by atoms with Crippen LogP contribution in [0.15, 0.2) is 24.3 Å². The highest BCUT2D eigenvalue weighted by atomic mass is 35.5. The molecule has 0 bridgehead atoms. The van der Waals surface area contributed by atoms with Crippen LogP contribution in [0.3, 0.4) is 0 Å². The third kappa shape index (κ3) is 4.99.